The summed E-state index contributed by atoms with van der Waals surface area (Å²) in [5.41, 5.74) is 6.47. The van der Waals surface area contributed by atoms with Crippen molar-refractivity contribution in [3.05, 3.63) is 82.7 Å². The molecule has 0 aliphatic carbocycles. The van der Waals surface area contributed by atoms with Gasteiger partial charge in [0, 0.05) is 15.4 Å². The molecule has 0 fully saturated rings. The lowest BCUT2D eigenvalue weighted by atomic mass is 10.1. The molecular weight excluding hydrogens is 454 g/mol. The van der Waals surface area contributed by atoms with Gasteiger partial charge >= 0.3 is 0 Å². The zero-order valence-electron chi connectivity index (χ0n) is 16.6. The van der Waals surface area contributed by atoms with E-state index in [1.54, 1.807) is 0 Å². The van der Waals surface area contributed by atoms with E-state index in [0.29, 0.717) is 18.3 Å². The highest BCUT2D eigenvalue weighted by molar-refractivity contribution is 9.10. The van der Waals surface area contributed by atoms with Crippen molar-refractivity contribution >= 4 is 49.0 Å². The highest BCUT2D eigenvalue weighted by Gasteiger charge is 2.19. The van der Waals surface area contributed by atoms with Crippen LogP contribution in [0.2, 0.25) is 0 Å². The first-order valence-corrected chi connectivity index (χ1v) is 10.7. The molecule has 0 saturated carbocycles. The number of nitrogens with zero attached hydrogens (tertiary/aromatic N) is 5. The Labute approximate surface area is 185 Å². The average molecular weight is 470 g/mol. The zero-order valence-corrected chi connectivity index (χ0v) is 18.2. The molecule has 0 aliphatic rings. The molecule has 31 heavy (non-hydrogen) atoms. The van der Waals surface area contributed by atoms with Crippen molar-refractivity contribution in [3.63, 3.8) is 0 Å². The molecule has 0 N–H and O–H groups in total. The van der Waals surface area contributed by atoms with Crippen molar-refractivity contribution in [2.75, 3.05) is 0 Å². The van der Waals surface area contributed by atoms with Gasteiger partial charge in [0.25, 0.3) is 0 Å². The maximum Gasteiger partial charge on any atom is 0.247 e. The quantitative estimate of drug-likeness (QED) is 0.322. The van der Waals surface area contributed by atoms with Gasteiger partial charge in [0.05, 0.1) is 16.6 Å². The van der Waals surface area contributed by atoms with Gasteiger partial charge in [-0.2, -0.15) is 0 Å². The third-order valence-electron chi connectivity index (χ3n) is 5.38. The summed E-state index contributed by atoms with van der Waals surface area (Å²) < 4.78 is 9.12. The molecule has 3 aromatic heterocycles. The smallest absolute Gasteiger partial charge is 0.247 e. The minimum atomic E-state index is 0.412. The normalized spacial score (nSPS) is 11.7. The van der Waals surface area contributed by atoms with E-state index in [1.807, 2.05) is 54.6 Å². The molecular formula is C24H16BrN5O. The van der Waals surface area contributed by atoms with Crippen LogP contribution in [-0.4, -0.2) is 24.7 Å². The van der Waals surface area contributed by atoms with Gasteiger partial charge < -0.3 is 8.98 Å². The Bertz CT molecular complexity index is 1590. The lowest BCUT2D eigenvalue weighted by molar-refractivity contribution is 0.494. The third-order valence-corrected chi connectivity index (χ3v) is 5.84. The molecule has 0 aliphatic heterocycles. The van der Waals surface area contributed by atoms with E-state index in [0.717, 1.165) is 48.7 Å². The maximum atomic E-state index is 5.99. The number of para-hydroxylation sites is 2. The molecule has 6 nitrogen and oxygen atoms in total. The summed E-state index contributed by atoms with van der Waals surface area (Å²) in [7, 11) is 0. The van der Waals surface area contributed by atoms with Crippen molar-refractivity contribution in [2.45, 2.75) is 13.5 Å². The largest absolute Gasteiger partial charge is 0.419 e. The SMILES string of the molecule is Cc1cc(Br)cc2c3nc4ccccc4nc3n(Cc3nnc(-c4ccccc4)o3)c12. The van der Waals surface area contributed by atoms with Gasteiger partial charge in [0.1, 0.15) is 12.1 Å². The number of rotatable bonds is 3. The van der Waals surface area contributed by atoms with Crippen LogP contribution < -0.4 is 0 Å². The average Bonchev–Trinajstić information content (AvgIpc) is 3.37. The van der Waals surface area contributed by atoms with E-state index < -0.39 is 0 Å². The summed E-state index contributed by atoms with van der Waals surface area (Å²) in [5, 5.41) is 9.58. The summed E-state index contributed by atoms with van der Waals surface area (Å²) in [4.78, 5) is 9.87. The van der Waals surface area contributed by atoms with Crippen LogP contribution in [0.5, 0.6) is 0 Å². The molecule has 0 spiro atoms. The Balaban J connectivity index is 1.58. The second-order valence-electron chi connectivity index (χ2n) is 7.46. The van der Waals surface area contributed by atoms with E-state index in [9.17, 15) is 0 Å². The van der Waals surface area contributed by atoms with Crippen LogP contribution in [0, 0.1) is 6.92 Å². The number of aryl methyl sites for hydroxylation is 1. The topological polar surface area (TPSA) is 69.6 Å². The van der Waals surface area contributed by atoms with Gasteiger partial charge in [-0.15, -0.1) is 10.2 Å². The number of hydrogen-bond donors (Lipinski definition) is 0. The van der Waals surface area contributed by atoms with E-state index in [4.69, 9.17) is 14.4 Å². The Hall–Kier alpha value is -3.58. The minimum Gasteiger partial charge on any atom is -0.419 e. The Morgan fingerprint density at radius 2 is 1.65 bits per heavy atom. The molecule has 3 heterocycles. The molecule has 6 rings (SSSR count). The van der Waals surface area contributed by atoms with Crippen LogP contribution in [-0.2, 0) is 6.54 Å². The first-order valence-electron chi connectivity index (χ1n) is 9.90. The van der Waals surface area contributed by atoms with Gasteiger partial charge in [-0.3, -0.25) is 0 Å². The summed E-state index contributed by atoms with van der Waals surface area (Å²) in [6.07, 6.45) is 0. The van der Waals surface area contributed by atoms with Gasteiger partial charge in [0.2, 0.25) is 11.8 Å². The molecule has 0 saturated heterocycles. The first kappa shape index (κ1) is 18.2. The summed E-state index contributed by atoms with van der Waals surface area (Å²) in [5.74, 6) is 1.03. The van der Waals surface area contributed by atoms with Crippen LogP contribution in [0.15, 0.2) is 75.6 Å². The molecule has 0 unspecified atom stereocenters. The minimum absolute atomic E-state index is 0.412. The van der Waals surface area contributed by atoms with Crippen molar-refractivity contribution < 1.29 is 4.42 Å². The van der Waals surface area contributed by atoms with Crippen molar-refractivity contribution in [1.29, 1.82) is 0 Å². The fourth-order valence-electron chi connectivity index (χ4n) is 4.04. The van der Waals surface area contributed by atoms with Crippen molar-refractivity contribution in [1.82, 2.24) is 24.7 Å². The zero-order chi connectivity index (χ0) is 20.9. The standard InChI is InChI=1S/C24H16BrN5O/c1-14-11-16(25)12-17-21-23(27-19-10-6-5-9-18(19)26-21)30(22(14)17)13-20-28-29-24(31-20)15-7-3-2-4-8-15/h2-12H,13H2,1H3. The summed E-state index contributed by atoms with van der Waals surface area (Å²) in [6.45, 7) is 2.50. The van der Waals surface area contributed by atoms with E-state index >= 15 is 0 Å². The number of aromatic nitrogens is 5. The Kier molecular flexibility index (Phi) is 4.11. The van der Waals surface area contributed by atoms with Crippen LogP contribution in [0.4, 0.5) is 0 Å². The Morgan fingerprint density at radius 1 is 0.903 bits per heavy atom. The van der Waals surface area contributed by atoms with Gasteiger partial charge in [-0.05, 0) is 48.9 Å². The molecule has 0 bridgehead atoms. The van der Waals surface area contributed by atoms with Gasteiger partial charge in [0.15, 0.2) is 5.65 Å². The fraction of sp³-hybridized carbons (Fsp3) is 0.0833. The second kappa shape index (κ2) is 6.99. The Morgan fingerprint density at radius 3 is 2.45 bits per heavy atom. The highest BCUT2D eigenvalue weighted by Crippen LogP contribution is 2.33. The lowest BCUT2D eigenvalue weighted by Gasteiger charge is -2.06. The third kappa shape index (κ3) is 3.00. The lowest BCUT2D eigenvalue weighted by Crippen LogP contribution is -2.02. The predicted molar refractivity (Wildman–Crippen MR) is 124 cm³/mol. The molecule has 0 radical (unpaired) electrons. The number of hydrogen-bond acceptors (Lipinski definition) is 5. The maximum absolute atomic E-state index is 5.99. The van der Waals surface area contributed by atoms with E-state index in [1.165, 1.54) is 0 Å². The summed E-state index contributed by atoms with van der Waals surface area (Å²) in [6, 6.07) is 21.9. The van der Waals surface area contributed by atoms with Crippen LogP contribution >= 0.6 is 15.9 Å². The molecule has 150 valence electrons. The number of fused-ring (bicyclic) bond motifs is 4. The fourth-order valence-corrected chi connectivity index (χ4v) is 4.62. The van der Waals surface area contributed by atoms with Crippen LogP contribution in [0.1, 0.15) is 11.5 Å². The monoisotopic (exact) mass is 469 g/mol. The molecule has 0 amide bonds. The van der Waals surface area contributed by atoms with E-state index in [-0.39, 0.29) is 0 Å². The van der Waals surface area contributed by atoms with Crippen LogP contribution in [0.25, 0.3) is 44.6 Å². The summed E-state index contributed by atoms with van der Waals surface area (Å²) >= 11 is 3.63. The highest BCUT2D eigenvalue weighted by atomic mass is 79.9. The first-order chi connectivity index (χ1) is 15.2. The number of halogens is 1. The second-order valence-corrected chi connectivity index (χ2v) is 8.37. The molecule has 3 aromatic carbocycles. The van der Waals surface area contributed by atoms with Crippen LogP contribution in [0.3, 0.4) is 0 Å². The van der Waals surface area contributed by atoms with Gasteiger partial charge in [-0.1, -0.05) is 46.3 Å². The van der Waals surface area contributed by atoms with E-state index in [2.05, 4.69) is 49.8 Å². The molecule has 6 aromatic rings. The van der Waals surface area contributed by atoms with Gasteiger partial charge in [-0.25, -0.2) is 9.97 Å². The molecule has 7 heteroatoms. The van der Waals surface area contributed by atoms with Crippen molar-refractivity contribution in [2.24, 2.45) is 0 Å². The number of benzene rings is 3. The predicted octanol–water partition coefficient (Wildman–Crippen LogP) is 5.91. The molecule has 0 atom stereocenters. The van der Waals surface area contributed by atoms with Crippen molar-refractivity contribution in [3.8, 4) is 11.5 Å².